The summed E-state index contributed by atoms with van der Waals surface area (Å²) in [5.74, 6) is 1.58. The van der Waals surface area contributed by atoms with E-state index in [9.17, 15) is 9.59 Å². The van der Waals surface area contributed by atoms with Crippen LogP contribution in [0.1, 0.15) is 44.7 Å². The molecular formula is C21H33N5O2. The van der Waals surface area contributed by atoms with Crippen LogP contribution in [0.3, 0.4) is 0 Å². The summed E-state index contributed by atoms with van der Waals surface area (Å²) in [6.45, 7) is 4.24. The molecule has 1 saturated heterocycles. The first-order valence-electron chi connectivity index (χ1n) is 10.5. The number of rotatable bonds is 4. The first-order chi connectivity index (χ1) is 13.4. The lowest BCUT2D eigenvalue weighted by molar-refractivity contribution is -0.137. The summed E-state index contributed by atoms with van der Waals surface area (Å²) in [5, 5.41) is 0. The van der Waals surface area contributed by atoms with Crippen molar-refractivity contribution >= 4 is 17.6 Å². The van der Waals surface area contributed by atoms with Gasteiger partial charge in [0.2, 0.25) is 11.8 Å². The molecule has 2 fully saturated rings. The Labute approximate surface area is 168 Å². The molecule has 0 aromatic carbocycles. The lowest BCUT2D eigenvalue weighted by Gasteiger charge is -2.30. The van der Waals surface area contributed by atoms with Gasteiger partial charge in [0, 0.05) is 64.9 Å². The minimum absolute atomic E-state index is 0.0774. The van der Waals surface area contributed by atoms with Crippen LogP contribution in [0.15, 0.2) is 12.4 Å². The molecule has 0 radical (unpaired) electrons. The Morgan fingerprint density at radius 3 is 2.43 bits per heavy atom. The largest absolute Gasteiger partial charge is 0.363 e. The van der Waals surface area contributed by atoms with Gasteiger partial charge in [0.05, 0.1) is 0 Å². The summed E-state index contributed by atoms with van der Waals surface area (Å²) in [5.41, 5.74) is 0.958. The fraction of sp³-hybridized carbons (Fsp3) is 0.714. The van der Waals surface area contributed by atoms with Gasteiger partial charge in [0.15, 0.2) is 0 Å². The van der Waals surface area contributed by atoms with E-state index in [2.05, 4.69) is 9.97 Å². The maximum absolute atomic E-state index is 13.1. The molecule has 0 spiro atoms. The van der Waals surface area contributed by atoms with E-state index < -0.39 is 0 Å². The molecule has 3 rings (SSSR count). The van der Waals surface area contributed by atoms with Crippen LogP contribution in [0.25, 0.3) is 0 Å². The minimum atomic E-state index is 0.0774. The van der Waals surface area contributed by atoms with Gasteiger partial charge in [-0.25, -0.2) is 9.97 Å². The highest BCUT2D eigenvalue weighted by Gasteiger charge is 2.31. The second-order valence-corrected chi connectivity index (χ2v) is 8.42. The van der Waals surface area contributed by atoms with Gasteiger partial charge in [-0.2, -0.15) is 0 Å². The van der Waals surface area contributed by atoms with E-state index >= 15 is 0 Å². The first-order valence-corrected chi connectivity index (χ1v) is 10.5. The topological polar surface area (TPSA) is 69.6 Å². The average molecular weight is 388 g/mol. The molecule has 1 saturated carbocycles. The Balaban J connectivity index is 1.74. The van der Waals surface area contributed by atoms with Gasteiger partial charge in [-0.1, -0.05) is 19.3 Å². The number of carbonyl (C=O) groups is 2. The summed E-state index contributed by atoms with van der Waals surface area (Å²) in [6.07, 6.45) is 7.90. The molecule has 1 aromatic rings. The molecule has 1 aliphatic heterocycles. The third-order valence-electron chi connectivity index (χ3n) is 5.97. The van der Waals surface area contributed by atoms with Crippen LogP contribution in [0.4, 0.5) is 5.82 Å². The molecule has 0 N–H and O–H groups in total. The smallest absolute Gasteiger partial charge is 0.225 e. The molecule has 7 nitrogen and oxygen atoms in total. The van der Waals surface area contributed by atoms with Crippen molar-refractivity contribution in [3.05, 3.63) is 18.1 Å². The molecule has 1 aromatic heterocycles. The van der Waals surface area contributed by atoms with Crippen LogP contribution in [0.5, 0.6) is 0 Å². The monoisotopic (exact) mass is 387 g/mol. The molecule has 1 aliphatic carbocycles. The van der Waals surface area contributed by atoms with Crippen molar-refractivity contribution in [3.63, 3.8) is 0 Å². The van der Waals surface area contributed by atoms with E-state index in [1.165, 1.54) is 6.42 Å². The highest BCUT2D eigenvalue weighted by molar-refractivity contribution is 5.79. The lowest BCUT2D eigenvalue weighted by atomic mass is 9.88. The predicted molar refractivity (Wildman–Crippen MR) is 109 cm³/mol. The number of nitrogens with zero attached hydrogens (tertiary/aromatic N) is 5. The second-order valence-electron chi connectivity index (χ2n) is 8.42. The first kappa shape index (κ1) is 20.6. The minimum Gasteiger partial charge on any atom is -0.363 e. The molecular weight excluding hydrogens is 354 g/mol. The third-order valence-corrected chi connectivity index (χ3v) is 5.97. The van der Waals surface area contributed by atoms with Crippen molar-refractivity contribution in [1.82, 2.24) is 19.8 Å². The third kappa shape index (κ3) is 5.20. The molecule has 0 bridgehead atoms. The van der Waals surface area contributed by atoms with Crippen LogP contribution in [-0.4, -0.2) is 71.9 Å². The van der Waals surface area contributed by atoms with Crippen molar-refractivity contribution in [1.29, 1.82) is 0 Å². The van der Waals surface area contributed by atoms with Crippen molar-refractivity contribution in [2.75, 3.05) is 45.2 Å². The Hall–Kier alpha value is -2.18. The van der Waals surface area contributed by atoms with Gasteiger partial charge in [0.25, 0.3) is 0 Å². The highest BCUT2D eigenvalue weighted by Crippen LogP contribution is 2.27. The summed E-state index contributed by atoms with van der Waals surface area (Å²) in [6, 6.07) is 2.00. The van der Waals surface area contributed by atoms with Crippen LogP contribution in [-0.2, 0) is 16.0 Å². The van der Waals surface area contributed by atoms with Gasteiger partial charge in [0.1, 0.15) is 12.1 Å². The average Bonchev–Trinajstić information content (AvgIpc) is 2.91. The van der Waals surface area contributed by atoms with Gasteiger partial charge in [-0.05, 0) is 25.2 Å². The molecule has 2 amide bonds. The van der Waals surface area contributed by atoms with Gasteiger partial charge in [-0.3, -0.25) is 9.59 Å². The lowest BCUT2D eigenvalue weighted by Crippen LogP contribution is -2.41. The Morgan fingerprint density at radius 1 is 1.07 bits per heavy atom. The normalized spacial score (nSPS) is 21.3. The number of anilines is 1. The summed E-state index contributed by atoms with van der Waals surface area (Å²) >= 11 is 0. The zero-order valence-corrected chi connectivity index (χ0v) is 17.4. The van der Waals surface area contributed by atoms with E-state index in [1.54, 1.807) is 13.3 Å². The predicted octanol–water partition coefficient (Wildman–Crippen LogP) is 1.97. The Bertz CT molecular complexity index is 687. The molecule has 2 aliphatic rings. The van der Waals surface area contributed by atoms with Gasteiger partial charge < -0.3 is 14.7 Å². The fourth-order valence-electron chi connectivity index (χ4n) is 4.37. The Kier molecular flexibility index (Phi) is 6.86. The quantitative estimate of drug-likeness (QED) is 0.790. The number of carbonyl (C=O) groups excluding carboxylic acids is 2. The summed E-state index contributed by atoms with van der Waals surface area (Å²) in [7, 11) is 3.92. The number of hydrogen-bond donors (Lipinski definition) is 0. The maximum atomic E-state index is 13.1. The van der Waals surface area contributed by atoms with E-state index in [-0.39, 0.29) is 23.7 Å². The second kappa shape index (κ2) is 9.34. The Morgan fingerprint density at radius 2 is 1.75 bits per heavy atom. The zero-order chi connectivity index (χ0) is 20.1. The van der Waals surface area contributed by atoms with E-state index in [1.807, 2.05) is 34.9 Å². The maximum Gasteiger partial charge on any atom is 0.225 e. The van der Waals surface area contributed by atoms with Crippen LogP contribution in [0, 0.1) is 11.8 Å². The van der Waals surface area contributed by atoms with Gasteiger partial charge >= 0.3 is 0 Å². The van der Waals surface area contributed by atoms with Gasteiger partial charge in [-0.15, -0.1) is 0 Å². The number of aromatic nitrogens is 2. The highest BCUT2D eigenvalue weighted by atomic mass is 16.2. The van der Waals surface area contributed by atoms with Crippen LogP contribution < -0.4 is 4.90 Å². The van der Waals surface area contributed by atoms with Crippen LogP contribution in [0.2, 0.25) is 0 Å². The summed E-state index contributed by atoms with van der Waals surface area (Å²) in [4.78, 5) is 39.7. The molecule has 28 heavy (non-hydrogen) atoms. The summed E-state index contributed by atoms with van der Waals surface area (Å²) < 4.78 is 0. The SMILES string of the molecule is CC(=O)N1CCN(C(=O)C2CCCCC2)C[C@@H](Cc2cc(N(C)C)ncn2)C1. The zero-order valence-electron chi connectivity index (χ0n) is 17.4. The van der Waals surface area contributed by atoms with Crippen molar-refractivity contribution in [2.24, 2.45) is 11.8 Å². The number of hydrogen-bond acceptors (Lipinski definition) is 5. The van der Waals surface area contributed by atoms with Crippen LogP contribution >= 0.6 is 0 Å². The van der Waals surface area contributed by atoms with E-state index in [4.69, 9.17) is 0 Å². The standard InChI is InChI=1S/C21H33N5O2/c1-16(27)25-9-10-26(21(28)18-7-5-4-6-8-18)14-17(13-25)11-19-12-20(24(2)3)23-15-22-19/h12,15,17-18H,4-11,13-14H2,1-3H3/t17-/m0/s1. The number of amides is 2. The van der Waals surface area contributed by atoms with Crippen molar-refractivity contribution in [3.8, 4) is 0 Å². The molecule has 154 valence electrons. The van der Waals surface area contributed by atoms with Crippen molar-refractivity contribution < 1.29 is 9.59 Å². The molecule has 2 heterocycles. The van der Waals surface area contributed by atoms with E-state index in [0.717, 1.165) is 43.6 Å². The molecule has 0 unspecified atom stereocenters. The fourth-order valence-corrected chi connectivity index (χ4v) is 4.37. The van der Waals surface area contributed by atoms with E-state index in [0.29, 0.717) is 26.2 Å². The van der Waals surface area contributed by atoms with Crippen molar-refractivity contribution in [2.45, 2.75) is 45.4 Å². The molecule has 7 heteroatoms. The molecule has 1 atom stereocenters.